The minimum Gasteiger partial charge on any atom is -0.496 e. The number of furan rings is 1. The first-order valence-corrected chi connectivity index (χ1v) is 7.30. The van der Waals surface area contributed by atoms with Gasteiger partial charge in [-0.1, -0.05) is 0 Å². The number of anilines is 1. The minimum atomic E-state index is 0.326. The molecule has 4 nitrogen and oxygen atoms in total. The minimum absolute atomic E-state index is 0.326. The summed E-state index contributed by atoms with van der Waals surface area (Å²) in [5, 5.41) is 0. The van der Waals surface area contributed by atoms with E-state index in [-0.39, 0.29) is 0 Å². The van der Waals surface area contributed by atoms with Crippen LogP contribution in [0.4, 0.5) is 5.69 Å². The quantitative estimate of drug-likeness (QED) is 0.802. The number of aldehydes is 1. The molecule has 4 heteroatoms. The van der Waals surface area contributed by atoms with E-state index in [9.17, 15) is 4.79 Å². The molecule has 1 aliphatic rings. The summed E-state index contributed by atoms with van der Waals surface area (Å²) >= 11 is 0. The molecular formula is C17H19NO3. The van der Waals surface area contributed by atoms with Crippen LogP contribution in [-0.2, 0) is 0 Å². The van der Waals surface area contributed by atoms with Crippen LogP contribution in [0.3, 0.4) is 0 Å². The number of carbonyl (C=O) groups is 1. The topological polar surface area (TPSA) is 42.7 Å². The average molecular weight is 285 g/mol. The highest BCUT2D eigenvalue weighted by Crippen LogP contribution is 2.35. The summed E-state index contributed by atoms with van der Waals surface area (Å²) in [5.74, 6) is 1.75. The molecule has 2 heterocycles. The molecule has 0 unspecified atom stereocenters. The zero-order valence-electron chi connectivity index (χ0n) is 12.2. The summed E-state index contributed by atoms with van der Waals surface area (Å²) in [4.78, 5) is 13.1. The fraction of sp³-hybridized carbons (Fsp3) is 0.353. The summed E-state index contributed by atoms with van der Waals surface area (Å²) in [6, 6.07) is 9.59. The lowest BCUT2D eigenvalue weighted by molar-refractivity contribution is 0.110. The molecule has 0 spiro atoms. The van der Waals surface area contributed by atoms with E-state index in [1.165, 1.54) is 24.9 Å². The molecule has 3 rings (SSSR count). The second-order valence-corrected chi connectivity index (χ2v) is 5.25. The van der Waals surface area contributed by atoms with Crippen LogP contribution in [0.5, 0.6) is 5.75 Å². The van der Waals surface area contributed by atoms with E-state index in [2.05, 4.69) is 11.0 Å². The Kier molecular flexibility index (Phi) is 3.95. The molecule has 0 amide bonds. The van der Waals surface area contributed by atoms with E-state index < -0.39 is 0 Å². The molecule has 1 aliphatic heterocycles. The first kappa shape index (κ1) is 13.7. The summed E-state index contributed by atoms with van der Waals surface area (Å²) in [6.07, 6.45) is 4.50. The van der Waals surface area contributed by atoms with Gasteiger partial charge in [0.05, 0.1) is 12.7 Å². The van der Waals surface area contributed by atoms with Crippen LogP contribution >= 0.6 is 0 Å². The average Bonchev–Trinajstić information content (AvgIpc) is 3.04. The summed E-state index contributed by atoms with van der Waals surface area (Å²) in [6.45, 7) is 2.19. The van der Waals surface area contributed by atoms with Crippen LogP contribution in [0.2, 0.25) is 0 Å². The van der Waals surface area contributed by atoms with Crippen molar-refractivity contribution in [3.8, 4) is 17.1 Å². The Morgan fingerprint density at radius 2 is 1.95 bits per heavy atom. The Labute approximate surface area is 124 Å². The second-order valence-electron chi connectivity index (χ2n) is 5.25. The predicted octanol–water partition coefficient (Wildman–Crippen LogP) is 3.76. The largest absolute Gasteiger partial charge is 0.496 e. The lowest BCUT2D eigenvalue weighted by atomic mass is 10.1. The summed E-state index contributed by atoms with van der Waals surface area (Å²) in [7, 11) is 1.66. The number of carbonyl (C=O) groups excluding carboxylic acids is 1. The number of nitrogens with zero attached hydrogens (tertiary/aromatic N) is 1. The summed E-state index contributed by atoms with van der Waals surface area (Å²) in [5.41, 5.74) is 2.05. The Morgan fingerprint density at radius 3 is 2.62 bits per heavy atom. The smallest absolute Gasteiger partial charge is 0.185 e. The third-order valence-corrected chi connectivity index (χ3v) is 3.91. The van der Waals surface area contributed by atoms with Crippen molar-refractivity contribution in [3.63, 3.8) is 0 Å². The molecular weight excluding hydrogens is 266 g/mol. The van der Waals surface area contributed by atoms with E-state index in [0.29, 0.717) is 17.8 Å². The van der Waals surface area contributed by atoms with Gasteiger partial charge in [0.15, 0.2) is 12.0 Å². The number of rotatable bonds is 4. The van der Waals surface area contributed by atoms with Crippen LogP contribution in [0, 0.1) is 0 Å². The van der Waals surface area contributed by atoms with Crippen LogP contribution in [0.25, 0.3) is 11.3 Å². The van der Waals surface area contributed by atoms with Crippen molar-refractivity contribution < 1.29 is 13.9 Å². The number of ether oxygens (including phenoxy) is 1. The molecule has 21 heavy (non-hydrogen) atoms. The zero-order chi connectivity index (χ0) is 14.7. The maximum absolute atomic E-state index is 10.7. The van der Waals surface area contributed by atoms with E-state index in [1.807, 2.05) is 12.1 Å². The Balaban J connectivity index is 1.92. The molecule has 0 N–H and O–H groups in total. The molecule has 0 radical (unpaired) electrons. The first-order valence-electron chi connectivity index (χ1n) is 7.30. The lowest BCUT2D eigenvalue weighted by Gasteiger charge is -2.29. The van der Waals surface area contributed by atoms with Crippen molar-refractivity contribution in [1.82, 2.24) is 0 Å². The van der Waals surface area contributed by atoms with Crippen LogP contribution in [0.1, 0.15) is 29.8 Å². The number of hydrogen-bond acceptors (Lipinski definition) is 4. The van der Waals surface area contributed by atoms with Gasteiger partial charge in [0.25, 0.3) is 0 Å². The van der Waals surface area contributed by atoms with Crippen LogP contribution in [0.15, 0.2) is 34.7 Å². The highest BCUT2D eigenvalue weighted by Gasteiger charge is 2.15. The van der Waals surface area contributed by atoms with Gasteiger partial charge in [-0.2, -0.15) is 0 Å². The van der Waals surface area contributed by atoms with Gasteiger partial charge in [-0.05, 0) is 43.5 Å². The Hall–Kier alpha value is -2.23. The van der Waals surface area contributed by atoms with Crippen molar-refractivity contribution in [2.24, 2.45) is 0 Å². The maximum atomic E-state index is 10.7. The van der Waals surface area contributed by atoms with Gasteiger partial charge in [0.1, 0.15) is 11.5 Å². The van der Waals surface area contributed by atoms with Crippen LogP contribution in [-0.4, -0.2) is 26.5 Å². The molecule has 0 aliphatic carbocycles. The second kappa shape index (κ2) is 6.04. The van der Waals surface area contributed by atoms with Gasteiger partial charge in [-0.25, -0.2) is 0 Å². The molecule has 0 atom stereocenters. The number of piperidine rings is 1. The SMILES string of the molecule is COc1cc(N2CCCCC2)ccc1-c1ccc(C=O)o1. The van der Waals surface area contributed by atoms with Crippen molar-refractivity contribution in [3.05, 3.63) is 36.1 Å². The third-order valence-electron chi connectivity index (χ3n) is 3.91. The van der Waals surface area contributed by atoms with Gasteiger partial charge in [-0.3, -0.25) is 4.79 Å². The van der Waals surface area contributed by atoms with E-state index >= 15 is 0 Å². The van der Waals surface area contributed by atoms with Crippen molar-refractivity contribution >= 4 is 12.0 Å². The predicted molar refractivity (Wildman–Crippen MR) is 82.1 cm³/mol. The first-order chi connectivity index (χ1) is 10.3. The zero-order valence-corrected chi connectivity index (χ0v) is 12.2. The third kappa shape index (κ3) is 2.79. The Bertz CT molecular complexity index is 627. The molecule has 1 aromatic carbocycles. The molecule has 0 saturated carbocycles. The van der Waals surface area contributed by atoms with Gasteiger partial charge < -0.3 is 14.1 Å². The molecule has 1 saturated heterocycles. The summed E-state index contributed by atoms with van der Waals surface area (Å²) < 4.78 is 11.0. The lowest BCUT2D eigenvalue weighted by Crippen LogP contribution is -2.29. The van der Waals surface area contributed by atoms with E-state index in [0.717, 1.165) is 24.4 Å². The fourth-order valence-electron chi connectivity index (χ4n) is 2.79. The number of methoxy groups -OCH3 is 1. The van der Waals surface area contributed by atoms with E-state index in [1.54, 1.807) is 19.2 Å². The maximum Gasteiger partial charge on any atom is 0.185 e. The van der Waals surface area contributed by atoms with Crippen molar-refractivity contribution in [2.75, 3.05) is 25.1 Å². The fourth-order valence-corrected chi connectivity index (χ4v) is 2.79. The number of benzene rings is 1. The van der Waals surface area contributed by atoms with Gasteiger partial charge in [-0.15, -0.1) is 0 Å². The Morgan fingerprint density at radius 1 is 1.14 bits per heavy atom. The molecule has 1 fully saturated rings. The molecule has 0 bridgehead atoms. The normalized spacial score (nSPS) is 15.0. The molecule has 2 aromatic rings. The van der Waals surface area contributed by atoms with Gasteiger partial charge >= 0.3 is 0 Å². The molecule has 1 aromatic heterocycles. The standard InChI is InChI=1S/C17H19NO3/c1-20-17-11-13(18-9-3-2-4-10-18)5-7-15(17)16-8-6-14(12-19)21-16/h5-8,11-12H,2-4,9-10H2,1H3. The number of hydrogen-bond donors (Lipinski definition) is 0. The molecule has 110 valence electrons. The highest BCUT2D eigenvalue weighted by molar-refractivity contribution is 5.75. The van der Waals surface area contributed by atoms with Gasteiger partial charge in [0, 0.05) is 24.8 Å². The van der Waals surface area contributed by atoms with Gasteiger partial charge in [0.2, 0.25) is 0 Å². The van der Waals surface area contributed by atoms with E-state index in [4.69, 9.17) is 9.15 Å². The highest BCUT2D eigenvalue weighted by atomic mass is 16.5. The van der Waals surface area contributed by atoms with Crippen LogP contribution < -0.4 is 9.64 Å². The monoisotopic (exact) mass is 285 g/mol. The van der Waals surface area contributed by atoms with Crippen molar-refractivity contribution in [1.29, 1.82) is 0 Å². The van der Waals surface area contributed by atoms with Crippen molar-refractivity contribution in [2.45, 2.75) is 19.3 Å².